The molecule has 0 spiro atoms. The molecule has 0 radical (unpaired) electrons. The Bertz CT molecular complexity index is 667. The van der Waals surface area contributed by atoms with Crippen molar-refractivity contribution in [3.05, 3.63) is 0 Å². The zero-order valence-electron chi connectivity index (χ0n) is 11.2. The number of carbonyl (C=O) groups is 8. The molecule has 0 aliphatic carbocycles. The van der Waals surface area contributed by atoms with Gasteiger partial charge >= 0.3 is 127 Å². The molecule has 0 heterocycles. The molecule has 0 fully saturated rings. The fourth-order valence-corrected chi connectivity index (χ4v) is 6.68. The van der Waals surface area contributed by atoms with Gasteiger partial charge in [0, 0.05) is 0 Å². The maximum atomic E-state index is 11.8. The quantitative estimate of drug-likeness (QED) is 0.260. The molecule has 0 aromatic rings. The third kappa shape index (κ3) is 0.576. The normalized spacial score (nSPS) is 17.3. The van der Waals surface area contributed by atoms with Crippen LogP contribution in [-0.4, -0.2) is 80.4 Å². The van der Waals surface area contributed by atoms with Crippen LogP contribution in [0.4, 0.5) is 38.4 Å². The average Bonchev–Trinajstić information content (AvgIpc) is 2.38. The van der Waals surface area contributed by atoms with Crippen molar-refractivity contribution in [1.29, 1.82) is 0 Å². The first-order valence-corrected chi connectivity index (χ1v) is 8.64. The summed E-state index contributed by atoms with van der Waals surface area (Å²) in [6, 6.07) is 0. The van der Waals surface area contributed by atoms with Gasteiger partial charge in [-0.15, -0.1) is 0 Å². The Balaban J connectivity index is 10.4. The van der Waals surface area contributed by atoms with Crippen molar-refractivity contribution in [2.75, 3.05) is 0 Å². The van der Waals surface area contributed by atoms with Gasteiger partial charge in [0.05, 0.1) is 0 Å². The van der Waals surface area contributed by atoms with Crippen LogP contribution in [0, 0.1) is 0 Å². The number of carboxylic acid groups (broad SMARTS) is 8. The first-order chi connectivity index (χ1) is 10.9. The van der Waals surface area contributed by atoms with E-state index in [2.05, 4.69) is 0 Å². The van der Waals surface area contributed by atoms with Gasteiger partial charge in [0.2, 0.25) is 0 Å². The molecule has 17 heteroatoms. The van der Waals surface area contributed by atoms with Gasteiger partial charge in [0.25, 0.3) is 0 Å². The maximum absolute atomic E-state index is 12.8. The molecule has 25 heavy (non-hydrogen) atoms. The Morgan fingerprint density at radius 3 is 0.400 bits per heavy atom. The number of hydrogen-bond acceptors (Lipinski definition) is 8. The zero-order valence-corrected chi connectivity index (χ0v) is 12.1. The summed E-state index contributed by atoms with van der Waals surface area (Å²) in [5.74, 6) is 0. The van der Waals surface area contributed by atoms with Gasteiger partial charge < -0.3 is 0 Å². The monoisotopic (exact) mass is 418 g/mol. The van der Waals surface area contributed by atoms with Crippen LogP contribution < -0.4 is 0 Å². The van der Waals surface area contributed by atoms with E-state index < -0.39 is 47.8 Å². The molecule has 0 saturated heterocycles. The molecule has 0 aliphatic rings. The molecule has 0 aromatic carbocycles. The second-order valence-electron chi connectivity index (χ2n) is 4.03. The molecule has 0 unspecified atom stereocenters. The van der Waals surface area contributed by atoms with Crippen LogP contribution in [0.25, 0.3) is 0 Å². The van der Waals surface area contributed by atoms with Gasteiger partial charge in [-0.1, -0.05) is 0 Å². The third-order valence-electron chi connectivity index (χ3n) is 3.79. The number of hydrogen-bond donors (Lipinski definition) is 8. The minimum absolute atomic E-state index is 4.67. The van der Waals surface area contributed by atoms with Gasteiger partial charge in [-0.25, -0.2) is 0 Å². The molecule has 8 N–H and O–H groups in total. The first-order valence-electron chi connectivity index (χ1n) is 4.69. The molecular formula is C8H8NiO16. The standard InChI is InChI=1S/8CHO2.Ni/c8*2-1-3;/h8*(H,2,3);. The summed E-state index contributed by atoms with van der Waals surface area (Å²) < 4.78 is 0. The first kappa shape index (κ1) is 21.3. The van der Waals surface area contributed by atoms with Crippen LogP contribution >= 0.6 is 0 Å². The zero-order chi connectivity index (χ0) is 21.0. The van der Waals surface area contributed by atoms with Crippen molar-refractivity contribution in [3.8, 4) is 0 Å². The van der Waals surface area contributed by atoms with Crippen LogP contribution in [0.3, 0.4) is 0 Å². The van der Waals surface area contributed by atoms with E-state index in [0.717, 1.165) is 0 Å². The summed E-state index contributed by atoms with van der Waals surface area (Å²) >= 11 is 0. The van der Waals surface area contributed by atoms with Crippen LogP contribution in [-0.2, 0) is 8.28 Å². The summed E-state index contributed by atoms with van der Waals surface area (Å²) in [6.07, 6.45) is 0. The van der Waals surface area contributed by atoms with Gasteiger partial charge in [-0.3, -0.25) is 0 Å². The van der Waals surface area contributed by atoms with Crippen LogP contribution in [0.5, 0.6) is 0 Å². The van der Waals surface area contributed by atoms with Crippen molar-refractivity contribution in [2.24, 2.45) is 0 Å². The molecular weight excluding hydrogens is 411 g/mol. The molecule has 0 aliphatic heterocycles. The van der Waals surface area contributed by atoms with Crippen molar-refractivity contribution in [2.45, 2.75) is 0 Å². The van der Waals surface area contributed by atoms with E-state index >= 15 is 0 Å². The average molecular weight is 419 g/mol. The van der Waals surface area contributed by atoms with Crippen LogP contribution in [0.2, 0.25) is 0 Å². The third-order valence-corrected chi connectivity index (χ3v) is 15.6. The Labute approximate surface area is 128 Å². The van der Waals surface area contributed by atoms with Crippen LogP contribution in [0.1, 0.15) is 0 Å². The second-order valence-corrected chi connectivity index (χ2v) is 14.3. The predicted molar refractivity (Wildman–Crippen MR) is 64.2 cm³/mol. The molecule has 0 saturated carbocycles. The van der Waals surface area contributed by atoms with Crippen molar-refractivity contribution >= 4 is 39.5 Å². The molecule has 0 amide bonds. The predicted octanol–water partition coefficient (Wildman–Crippen LogP) is 1.71. The molecule has 0 rings (SSSR count). The Morgan fingerprint density at radius 1 is 0.320 bits per heavy atom. The van der Waals surface area contributed by atoms with Crippen LogP contribution in [0.15, 0.2) is 0 Å². The summed E-state index contributed by atoms with van der Waals surface area (Å²) in [4.78, 5) is 56.9. The van der Waals surface area contributed by atoms with E-state index in [1.807, 2.05) is 0 Å². The SMILES string of the molecule is O=[C](O)[Ni]([C](=O)O)([C](=O)O)([C](=O)O)([C](=O)O)([C](=O)O)([C](=O)O)[C](=O)O. The topological polar surface area (TPSA) is 298 Å². The van der Waals surface area contributed by atoms with Gasteiger partial charge in [0.1, 0.15) is 0 Å². The molecule has 0 aromatic heterocycles. The molecule has 16 nitrogen and oxygen atoms in total. The Hall–Kier alpha value is -3.75. The fraction of sp³-hybridized carbons (Fsp3) is 0. The van der Waals surface area contributed by atoms with Gasteiger partial charge in [0.15, 0.2) is 0 Å². The minimum atomic E-state index is -12.8. The summed E-state index contributed by atoms with van der Waals surface area (Å²) in [5.41, 5.74) is 0. The Kier molecular flexibility index (Phi) is 2.74. The second kappa shape index (κ2) is 3.22. The van der Waals surface area contributed by atoms with E-state index in [0.29, 0.717) is 0 Å². The number of rotatable bonds is 8. The van der Waals surface area contributed by atoms with Gasteiger partial charge in [-0.05, 0) is 0 Å². The fourth-order valence-electron chi connectivity index (χ4n) is 1.62. The van der Waals surface area contributed by atoms with Crippen molar-refractivity contribution < 1.29 is 87.5 Å². The van der Waals surface area contributed by atoms with E-state index in [9.17, 15) is 79.2 Å². The summed E-state index contributed by atoms with van der Waals surface area (Å²) in [6.45, 7) is 0. The van der Waals surface area contributed by atoms with E-state index in [4.69, 9.17) is 0 Å². The van der Waals surface area contributed by atoms with E-state index in [1.165, 1.54) is 0 Å². The summed E-state index contributed by atoms with van der Waals surface area (Å²) in [5, 5.41) is 73.6. The molecule has 146 valence electrons. The summed E-state index contributed by atoms with van der Waals surface area (Å²) in [7, 11) is -12.8. The van der Waals surface area contributed by atoms with Crippen molar-refractivity contribution in [1.82, 2.24) is 0 Å². The molecule has 0 atom stereocenters. The van der Waals surface area contributed by atoms with E-state index in [1.54, 1.807) is 0 Å². The molecule has 0 bridgehead atoms. The van der Waals surface area contributed by atoms with Gasteiger partial charge in [-0.2, -0.15) is 0 Å². The van der Waals surface area contributed by atoms with Crippen molar-refractivity contribution in [3.63, 3.8) is 0 Å². The Morgan fingerprint density at radius 2 is 0.400 bits per heavy atom. The van der Waals surface area contributed by atoms with E-state index in [-0.39, 0.29) is 0 Å².